The minimum Gasteiger partial charge on any atom is -0.520 e. The van der Waals surface area contributed by atoms with Crippen LogP contribution in [0.25, 0.3) is 0 Å². The van der Waals surface area contributed by atoms with Gasteiger partial charge in [-0.1, -0.05) is 67.0 Å². The van der Waals surface area contributed by atoms with Gasteiger partial charge in [0.1, 0.15) is 5.75 Å². The molecule has 0 heterocycles. The standard InChI is InChI=1S/C22H40O2SSi/c1-10-11-18(25)14-15-26(9,23-8)24-20-13-12-17(21(2,3)4)16-19(20)22(5,6)7/h12-13,16,18,25H,10-11,14-15H2,1-9H3. The molecular formula is C22H40O2SSi. The van der Waals surface area contributed by atoms with Gasteiger partial charge in [0, 0.05) is 18.4 Å². The van der Waals surface area contributed by atoms with Gasteiger partial charge in [-0.2, -0.15) is 12.6 Å². The maximum absolute atomic E-state index is 6.59. The smallest absolute Gasteiger partial charge is 0.395 e. The van der Waals surface area contributed by atoms with Crippen molar-refractivity contribution in [1.82, 2.24) is 0 Å². The number of hydrogen-bond acceptors (Lipinski definition) is 3. The summed E-state index contributed by atoms with van der Waals surface area (Å²) in [6.45, 7) is 17.9. The van der Waals surface area contributed by atoms with E-state index in [-0.39, 0.29) is 10.8 Å². The zero-order valence-electron chi connectivity index (χ0n) is 18.4. The summed E-state index contributed by atoms with van der Waals surface area (Å²) in [5.41, 5.74) is 2.75. The van der Waals surface area contributed by atoms with Gasteiger partial charge in [-0.25, -0.2) is 0 Å². The van der Waals surface area contributed by atoms with Crippen molar-refractivity contribution in [2.24, 2.45) is 0 Å². The Balaban J connectivity index is 3.12. The summed E-state index contributed by atoms with van der Waals surface area (Å²) in [6.07, 6.45) is 3.35. The van der Waals surface area contributed by atoms with Crippen molar-refractivity contribution < 1.29 is 8.85 Å². The fourth-order valence-electron chi connectivity index (χ4n) is 3.01. The van der Waals surface area contributed by atoms with Crippen LogP contribution in [0.1, 0.15) is 78.9 Å². The first-order valence-electron chi connectivity index (χ1n) is 9.89. The molecule has 0 amide bonds. The van der Waals surface area contributed by atoms with Crippen LogP contribution in [-0.4, -0.2) is 20.9 Å². The molecule has 2 atom stereocenters. The van der Waals surface area contributed by atoms with Gasteiger partial charge in [-0.05, 0) is 47.4 Å². The van der Waals surface area contributed by atoms with Crippen molar-refractivity contribution in [3.8, 4) is 5.75 Å². The zero-order chi connectivity index (χ0) is 20.2. The molecule has 0 aliphatic rings. The molecule has 2 nitrogen and oxygen atoms in total. The Hall–Kier alpha value is -0.453. The monoisotopic (exact) mass is 396 g/mol. The molecule has 1 aromatic carbocycles. The first-order valence-corrected chi connectivity index (χ1v) is 12.9. The summed E-state index contributed by atoms with van der Waals surface area (Å²) in [4.78, 5) is 0. The molecule has 0 N–H and O–H groups in total. The van der Waals surface area contributed by atoms with Gasteiger partial charge in [0.15, 0.2) is 0 Å². The molecule has 0 bridgehead atoms. The summed E-state index contributed by atoms with van der Waals surface area (Å²) in [7, 11) is -0.487. The van der Waals surface area contributed by atoms with E-state index in [9.17, 15) is 0 Å². The lowest BCUT2D eigenvalue weighted by atomic mass is 9.80. The highest BCUT2D eigenvalue weighted by atomic mass is 32.1. The summed E-state index contributed by atoms with van der Waals surface area (Å²) in [5.74, 6) is 0.979. The molecule has 0 aliphatic carbocycles. The lowest BCUT2D eigenvalue weighted by molar-refractivity contribution is 0.300. The molecule has 2 unspecified atom stereocenters. The van der Waals surface area contributed by atoms with Crippen molar-refractivity contribution in [2.45, 2.75) is 96.4 Å². The normalized spacial score (nSPS) is 16.2. The van der Waals surface area contributed by atoms with Crippen molar-refractivity contribution in [3.05, 3.63) is 29.3 Å². The number of rotatable bonds is 8. The first kappa shape index (κ1) is 23.6. The Bertz CT molecular complexity index is 574. The third-order valence-electron chi connectivity index (χ3n) is 4.96. The molecule has 0 radical (unpaired) electrons. The molecule has 0 fully saturated rings. The van der Waals surface area contributed by atoms with Gasteiger partial charge in [0.25, 0.3) is 0 Å². The van der Waals surface area contributed by atoms with Crippen LogP contribution in [0.2, 0.25) is 12.6 Å². The third kappa shape index (κ3) is 6.93. The van der Waals surface area contributed by atoms with E-state index in [1.807, 2.05) is 0 Å². The van der Waals surface area contributed by atoms with Gasteiger partial charge in [0.05, 0.1) is 0 Å². The van der Waals surface area contributed by atoms with Crippen LogP contribution in [0.4, 0.5) is 0 Å². The highest BCUT2D eigenvalue weighted by Crippen LogP contribution is 2.37. The molecule has 1 rings (SSSR count). The SMILES string of the molecule is CCCC(S)CC[Si](C)(OC)Oc1ccc(C(C)(C)C)cc1C(C)(C)C. The zero-order valence-corrected chi connectivity index (χ0v) is 20.3. The maximum Gasteiger partial charge on any atom is 0.395 e. The van der Waals surface area contributed by atoms with Crippen molar-refractivity contribution in [3.63, 3.8) is 0 Å². The molecule has 150 valence electrons. The van der Waals surface area contributed by atoms with Crippen LogP contribution in [0, 0.1) is 0 Å². The molecule has 1 aromatic rings. The molecule has 0 saturated carbocycles. The predicted molar refractivity (Wildman–Crippen MR) is 120 cm³/mol. The number of hydrogen-bond donors (Lipinski definition) is 1. The van der Waals surface area contributed by atoms with Gasteiger partial charge >= 0.3 is 8.56 Å². The summed E-state index contributed by atoms with van der Waals surface area (Å²) >= 11 is 4.71. The fraction of sp³-hybridized carbons (Fsp3) is 0.727. The summed E-state index contributed by atoms with van der Waals surface area (Å²) < 4.78 is 12.5. The largest absolute Gasteiger partial charge is 0.520 e. The number of thiol groups is 1. The van der Waals surface area contributed by atoms with Crippen molar-refractivity contribution in [2.75, 3.05) is 7.11 Å². The van der Waals surface area contributed by atoms with Gasteiger partial charge in [-0.15, -0.1) is 0 Å². The van der Waals surface area contributed by atoms with E-state index in [1.54, 1.807) is 7.11 Å². The van der Waals surface area contributed by atoms with Crippen LogP contribution in [0.5, 0.6) is 5.75 Å². The minimum absolute atomic E-state index is 0.0218. The average molecular weight is 397 g/mol. The van der Waals surface area contributed by atoms with E-state index >= 15 is 0 Å². The second-order valence-corrected chi connectivity index (χ2v) is 13.7. The van der Waals surface area contributed by atoms with Gasteiger partial charge < -0.3 is 8.85 Å². The number of benzene rings is 1. The molecule has 0 aromatic heterocycles. The van der Waals surface area contributed by atoms with E-state index in [1.165, 1.54) is 17.5 Å². The second kappa shape index (κ2) is 9.16. The molecule has 4 heteroatoms. The first-order chi connectivity index (χ1) is 11.8. The van der Waals surface area contributed by atoms with Crippen LogP contribution in [-0.2, 0) is 15.3 Å². The van der Waals surface area contributed by atoms with Gasteiger partial charge in [-0.3, -0.25) is 0 Å². The lowest BCUT2D eigenvalue weighted by Gasteiger charge is -2.32. The summed E-state index contributed by atoms with van der Waals surface area (Å²) in [6, 6.07) is 7.63. The van der Waals surface area contributed by atoms with E-state index in [0.29, 0.717) is 5.25 Å². The highest BCUT2D eigenvalue weighted by Gasteiger charge is 2.35. The maximum atomic E-state index is 6.59. The highest BCUT2D eigenvalue weighted by molar-refractivity contribution is 7.80. The lowest BCUT2D eigenvalue weighted by Crippen LogP contribution is -2.42. The van der Waals surface area contributed by atoms with E-state index in [0.717, 1.165) is 24.6 Å². The molecule has 26 heavy (non-hydrogen) atoms. The van der Waals surface area contributed by atoms with E-state index < -0.39 is 8.56 Å². The van der Waals surface area contributed by atoms with Crippen LogP contribution < -0.4 is 4.43 Å². The Morgan fingerprint density at radius 2 is 1.65 bits per heavy atom. The van der Waals surface area contributed by atoms with E-state index in [2.05, 4.69) is 73.2 Å². The third-order valence-corrected chi connectivity index (χ3v) is 8.19. The average Bonchev–Trinajstić information content (AvgIpc) is 2.51. The molecule has 0 spiro atoms. The topological polar surface area (TPSA) is 18.5 Å². The van der Waals surface area contributed by atoms with Crippen LogP contribution >= 0.6 is 12.6 Å². The van der Waals surface area contributed by atoms with Crippen molar-refractivity contribution in [1.29, 1.82) is 0 Å². The minimum atomic E-state index is -2.28. The molecular weight excluding hydrogens is 356 g/mol. The fourth-order valence-corrected chi connectivity index (χ4v) is 5.54. The van der Waals surface area contributed by atoms with Crippen molar-refractivity contribution >= 4 is 21.2 Å². The Morgan fingerprint density at radius 1 is 1.04 bits per heavy atom. The molecule has 0 aliphatic heterocycles. The van der Waals surface area contributed by atoms with Crippen LogP contribution in [0.15, 0.2) is 18.2 Å². The van der Waals surface area contributed by atoms with Gasteiger partial charge in [0.2, 0.25) is 0 Å². The summed E-state index contributed by atoms with van der Waals surface area (Å²) in [5, 5.41) is 0.427. The Labute approximate surface area is 168 Å². The predicted octanol–water partition coefficient (Wildman–Crippen LogP) is 6.87. The molecule has 0 saturated heterocycles. The van der Waals surface area contributed by atoms with E-state index in [4.69, 9.17) is 21.5 Å². The second-order valence-electron chi connectivity index (χ2n) is 9.63. The van der Waals surface area contributed by atoms with Crippen LogP contribution in [0.3, 0.4) is 0 Å². The Kier molecular flexibility index (Phi) is 8.31. The quantitative estimate of drug-likeness (QED) is 0.382. The Morgan fingerprint density at radius 3 is 2.12 bits per heavy atom.